The molecule has 0 saturated carbocycles. The first-order valence-corrected chi connectivity index (χ1v) is 14.0. The molecule has 0 unspecified atom stereocenters. The molecule has 218 valence electrons. The number of ether oxygens (including phenoxy) is 1. The van der Waals surface area contributed by atoms with Crippen molar-refractivity contribution >= 4 is 40.7 Å². The summed E-state index contributed by atoms with van der Waals surface area (Å²) in [6.07, 6.45) is 1.77. The molecule has 11 heteroatoms. The SMILES string of the molecule is CNCCCCNC(=O)c1ccc(NC(=O)[C@@H]2NC[C@H](c3ccc(Cl)cc3F)[C@H]2c2cccc(Cl)c2F)c(OC)c1. The van der Waals surface area contributed by atoms with E-state index in [0.717, 1.165) is 19.4 Å². The van der Waals surface area contributed by atoms with Crippen LogP contribution in [-0.2, 0) is 4.79 Å². The second kappa shape index (κ2) is 14.1. The van der Waals surface area contributed by atoms with Gasteiger partial charge in [-0.25, -0.2) is 8.78 Å². The lowest BCUT2D eigenvalue weighted by atomic mass is 9.79. The number of halogens is 4. The normalized spacial score (nSPS) is 18.2. The van der Waals surface area contributed by atoms with Crippen LogP contribution in [0.25, 0.3) is 0 Å². The summed E-state index contributed by atoms with van der Waals surface area (Å²) >= 11 is 12.0. The van der Waals surface area contributed by atoms with Crippen LogP contribution in [-0.4, -0.2) is 51.6 Å². The quantitative estimate of drug-likeness (QED) is 0.217. The van der Waals surface area contributed by atoms with Crippen molar-refractivity contribution in [2.45, 2.75) is 30.7 Å². The number of carbonyl (C=O) groups excluding carboxylic acids is 2. The molecule has 1 saturated heterocycles. The Hall–Kier alpha value is -3.24. The molecule has 3 atom stereocenters. The molecule has 0 bridgehead atoms. The smallest absolute Gasteiger partial charge is 0.251 e. The van der Waals surface area contributed by atoms with Crippen molar-refractivity contribution in [2.24, 2.45) is 0 Å². The number of nitrogens with one attached hydrogen (secondary N) is 4. The highest BCUT2D eigenvalue weighted by Crippen LogP contribution is 2.43. The standard InChI is InChI=1S/C30H32Cl2F2N4O3/c1-35-12-3-4-13-36-29(39)17-8-11-24(25(14-17)41-2)38-30(40)28-26(20-6-5-7-22(32)27(20)34)21(16-37-28)19-10-9-18(31)15-23(19)33/h5-11,14-15,21,26,28,35,37H,3-4,12-13,16H2,1-2H3,(H,36,39)(H,38,40)/t21-,26-,28-/m1/s1. The molecule has 0 aliphatic carbocycles. The van der Waals surface area contributed by atoms with E-state index in [1.165, 1.54) is 19.2 Å². The molecule has 0 radical (unpaired) electrons. The molecule has 2 amide bonds. The number of hydrogen-bond acceptors (Lipinski definition) is 5. The summed E-state index contributed by atoms with van der Waals surface area (Å²) in [5, 5.41) is 12.0. The Balaban J connectivity index is 1.57. The third-order valence-corrected chi connectivity index (χ3v) is 7.72. The minimum atomic E-state index is -0.937. The van der Waals surface area contributed by atoms with E-state index in [9.17, 15) is 14.0 Å². The summed E-state index contributed by atoms with van der Waals surface area (Å²) < 4.78 is 35.7. The van der Waals surface area contributed by atoms with Crippen LogP contribution in [0.2, 0.25) is 10.0 Å². The van der Waals surface area contributed by atoms with Gasteiger partial charge in [0.05, 0.1) is 23.9 Å². The summed E-state index contributed by atoms with van der Waals surface area (Å²) in [6.45, 7) is 1.61. The van der Waals surface area contributed by atoms with Crippen molar-refractivity contribution in [3.05, 3.63) is 93.0 Å². The lowest BCUT2D eigenvalue weighted by Gasteiger charge is -2.26. The number of amides is 2. The Labute approximate surface area is 247 Å². The lowest BCUT2D eigenvalue weighted by Crippen LogP contribution is -2.39. The Bertz CT molecular complexity index is 1410. The van der Waals surface area contributed by atoms with Gasteiger partial charge in [0.1, 0.15) is 17.4 Å². The minimum absolute atomic E-state index is 0.0959. The summed E-state index contributed by atoms with van der Waals surface area (Å²) in [5.41, 5.74) is 1.21. The number of methoxy groups -OCH3 is 1. The van der Waals surface area contributed by atoms with Crippen LogP contribution in [0.5, 0.6) is 5.75 Å². The Morgan fingerprint density at radius 1 is 1.02 bits per heavy atom. The van der Waals surface area contributed by atoms with Gasteiger partial charge >= 0.3 is 0 Å². The summed E-state index contributed by atoms with van der Waals surface area (Å²) in [6, 6.07) is 12.6. The molecule has 4 rings (SSSR count). The molecule has 4 N–H and O–H groups in total. The number of rotatable bonds is 11. The monoisotopic (exact) mass is 604 g/mol. The third-order valence-electron chi connectivity index (χ3n) is 7.20. The first-order valence-electron chi connectivity index (χ1n) is 13.3. The van der Waals surface area contributed by atoms with Crippen LogP contribution >= 0.6 is 23.2 Å². The van der Waals surface area contributed by atoms with E-state index >= 15 is 4.39 Å². The molecule has 0 spiro atoms. The highest BCUT2D eigenvalue weighted by molar-refractivity contribution is 6.31. The molecule has 1 fully saturated rings. The Morgan fingerprint density at radius 3 is 2.54 bits per heavy atom. The topological polar surface area (TPSA) is 91.5 Å². The van der Waals surface area contributed by atoms with Crippen molar-refractivity contribution in [3.63, 3.8) is 0 Å². The lowest BCUT2D eigenvalue weighted by molar-refractivity contribution is -0.118. The number of hydrogen-bond donors (Lipinski definition) is 4. The number of anilines is 1. The van der Waals surface area contributed by atoms with E-state index < -0.39 is 35.4 Å². The van der Waals surface area contributed by atoms with Gasteiger partial charge in [0.2, 0.25) is 5.91 Å². The van der Waals surface area contributed by atoms with Crippen molar-refractivity contribution in [1.82, 2.24) is 16.0 Å². The maximum atomic E-state index is 15.3. The molecule has 3 aromatic carbocycles. The first-order chi connectivity index (χ1) is 19.7. The highest BCUT2D eigenvalue weighted by atomic mass is 35.5. The van der Waals surface area contributed by atoms with Gasteiger partial charge in [0, 0.05) is 35.5 Å². The fourth-order valence-corrected chi connectivity index (χ4v) is 5.49. The average molecular weight is 606 g/mol. The van der Waals surface area contributed by atoms with Crippen molar-refractivity contribution in [3.8, 4) is 5.75 Å². The number of carbonyl (C=O) groups is 2. The van der Waals surface area contributed by atoms with Gasteiger partial charge in [-0.05, 0) is 74.0 Å². The van der Waals surface area contributed by atoms with E-state index in [0.29, 0.717) is 23.4 Å². The van der Waals surface area contributed by atoms with Gasteiger partial charge in [-0.3, -0.25) is 9.59 Å². The largest absolute Gasteiger partial charge is 0.495 e. The van der Waals surface area contributed by atoms with Crippen molar-refractivity contribution in [1.29, 1.82) is 0 Å². The zero-order valence-electron chi connectivity index (χ0n) is 22.7. The van der Waals surface area contributed by atoms with Crippen molar-refractivity contribution < 1.29 is 23.1 Å². The molecular formula is C30H32Cl2F2N4O3. The van der Waals surface area contributed by atoms with Crippen LogP contribution in [0.4, 0.5) is 14.5 Å². The predicted molar refractivity (Wildman–Crippen MR) is 157 cm³/mol. The van der Waals surface area contributed by atoms with Crippen LogP contribution in [0.3, 0.4) is 0 Å². The van der Waals surface area contributed by atoms with Gasteiger partial charge in [0.25, 0.3) is 5.91 Å². The zero-order valence-corrected chi connectivity index (χ0v) is 24.2. The van der Waals surface area contributed by atoms with Gasteiger partial charge in [-0.15, -0.1) is 0 Å². The van der Waals surface area contributed by atoms with E-state index in [-0.39, 0.29) is 33.8 Å². The molecule has 1 heterocycles. The third kappa shape index (κ3) is 7.16. The van der Waals surface area contributed by atoms with E-state index in [1.807, 2.05) is 7.05 Å². The van der Waals surface area contributed by atoms with Gasteiger partial charge in [-0.2, -0.15) is 0 Å². The zero-order chi connectivity index (χ0) is 29.5. The van der Waals surface area contributed by atoms with Crippen LogP contribution in [0.15, 0.2) is 54.6 Å². The van der Waals surface area contributed by atoms with Crippen LogP contribution in [0.1, 0.15) is 46.2 Å². The van der Waals surface area contributed by atoms with E-state index in [1.54, 1.807) is 42.5 Å². The van der Waals surface area contributed by atoms with Gasteiger partial charge in [-0.1, -0.05) is 41.4 Å². The maximum Gasteiger partial charge on any atom is 0.251 e. The van der Waals surface area contributed by atoms with E-state index in [4.69, 9.17) is 27.9 Å². The second-order valence-corrected chi connectivity index (χ2v) is 10.6. The van der Waals surface area contributed by atoms with E-state index in [2.05, 4.69) is 21.3 Å². The second-order valence-electron chi connectivity index (χ2n) is 9.80. The molecule has 3 aromatic rings. The molecule has 7 nitrogen and oxygen atoms in total. The Kier molecular flexibility index (Phi) is 10.6. The molecule has 0 aromatic heterocycles. The number of benzene rings is 3. The predicted octanol–water partition coefficient (Wildman–Crippen LogP) is 5.49. The summed E-state index contributed by atoms with van der Waals surface area (Å²) in [5.74, 6) is -3.04. The van der Waals surface area contributed by atoms with Gasteiger partial charge in [0.15, 0.2) is 0 Å². The van der Waals surface area contributed by atoms with Crippen molar-refractivity contribution in [2.75, 3.05) is 39.1 Å². The fourth-order valence-electron chi connectivity index (χ4n) is 5.15. The molecule has 41 heavy (non-hydrogen) atoms. The summed E-state index contributed by atoms with van der Waals surface area (Å²) in [7, 11) is 3.31. The highest BCUT2D eigenvalue weighted by Gasteiger charge is 2.44. The minimum Gasteiger partial charge on any atom is -0.495 e. The molecule has 1 aliphatic rings. The van der Waals surface area contributed by atoms with Crippen LogP contribution < -0.4 is 26.0 Å². The maximum absolute atomic E-state index is 15.3. The number of unbranched alkanes of at least 4 members (excludes halogenated alkanes) is 1. The Morgan fingerprint density at radius 2 is 1.80 bits per heavy atom. The molecular weight excluding hydrogens is 573 g/mol. The average Bonchev–Trinajstić information content (AvgIpc) is 3.39. The first kappa shape index (κ1) is 30.7. The summed E-state index contributed by atoms with van der Waals surface area (Å²) in [4.78, 5) is 26.2. The van der Waals surface area contributed by atoms with Gasteiger partial charge < -0.3 is 26.0 Å². The van der Waals surface area contributed by atoms with Crippen LogP contribution in [0, 0.1) is 11.6 Å². The fraction of sp³-hybridized carbons (Fsp3) is 0.333. The molecule has 1 aliphatic heterocycles.